The first-order chi connectivity index (χ1) is 15.3. The average Bonchev–Trinajstić information content (AvgIpc) is 3.09. The minimum absolute atomic E-state index is 0.252. The summed E-state index contributed by atoms with van der Waals surface area (Å²) in [5, 5.41) is 0. The molecule has 1 radical (unpaired) electrons. The Labute approximate surface area is 195 Å². The standard InChI is InChI=1S/C30H36BO/c1-29(2,3)30(4,5)20-21-32-31-23-17-14-22(15-18-23)16-19-28-26-12-8-6-10-24(26)25-11-7-9-13-27(25)28/h6-15,17-18,28H,16,19-21H2,1-5H3. The molecule has 0 spiro atoms. The zero-order valence-corrected chi connectivity index (χ0v) is 20.3. The fourth-order valence-corrected chi connectivity index (χ4v) is 4.49. The van der Waals surface area contributed by atoms with Gasteiger partial charge in [-0.1, -0.05) is 113 Å². The summed E-state index contributed by atoms with van der Waals surface area (Å²) in [5.41, 5.74) is 8.82. The smallest absolute Gasteiger partial charge is 0.329 e. The molecule has 1 aliphatic rings. The predicted molar refractivity (Wildman–Crippen MR) is 138 cm³/mol. The van der Waals surface area contributed by atoms with Crippen LogP contribution >= 0.6 is 0 Å². The molecule has 3 aromatic rings. The maximum absolute atomic E-state index is 5.88. The average molecular weight is 423 g/mol. The molecule has 4 rings (SSSR count). The van der Waals surface area contributed by atoms with Gasteiger partial charge in [-0.05, 0) is 57.9 Å². The first-order valence-electron chi connectivity index (χ1n) is 12.0. The number of benzene rings is 3. The van der Waals surface area contributed by atoms with Gasteiger partial charge in [0.05, 0.1) is 0 Å². The van der Waals surface area contributed by atoms with Gasteiger partial charge in [0, 0.05) is 12.5 Å². The molecule has 2 heteroatoms. The van der Waals surface area contributed by atoms with E-state index in [1.807, 2.05) is 7.48 Å². The molecule has 3 aromatic carbocycles. The molecular weight excluding hydrogens is 387 g/mol. The summed E-state index contributed by atoms with van der Waals surface area (Å²) in [6.45, 7) is 12.3. The quantitative estimate of drug-likeness (QED) is 0.276. The van der Waals surface area contributed by atoms with Crippen LogP contribution in [0.5, 0.6) is 0 Å². The topological polar surface area (TPSA) is 9.23 Å². The van der Waals surface area contributed by atoms with E-state index >= 15 is 0 Å². The SMILES string of the molecule is CC(C)(C)C(C)(C)CCO[B]c1ccc(CCC2c3ccccc3-c3ccccc32)cc1. The van der Waals surface area contributed by atoms with Crippen LogP contribution in [-0.4, -0.2) is 14.1 Å². The van der Waals surface area contributed by atoms with E-state index in [0.717, 1.165) is 31.3 Å². The van der Waals surface area contributed by atoms with Crippen LogP contribution in [0.4, 0.5) is 0 Å². The molecule has 1 nitrogen and oxygen atoms in total. The molecule has 165 valence electrons. The number of hydrogen-bond acceptors (Lipinski definition) is 1. The normalized spacial score (nSPS) is 13.7. The van der Waals surface area contributed by atoms with Crippen molar-refractivity contribution < 1.29 is 4.65 Å². The van der Waals surface area contributed by atoms with Crippen molar-refractivity contribution >= 4 is 12.9 Å². The van der Waals surface area contributed by atoms with Crippen LogP contribution in [-0.2, 0) is 11.1 Å². The van der Waals surface area contributed by atoms with Crippen molar-refractivity contribution in [3.8, 4) is 11.1 Å². The van der Waals surface area contributed by atoms with Crippen LogP contribution in [0.2, 0.25) is 0 Å². The first kappa shape index (κ1) is 22.9. The second-order valence-electron chi connectivity index (χ2n) is 10.9. The van der Waals surface area contributed by atoms with Gasteiger partial charge in [-0.15, -0.1) is 0 Å². The fraction of sp³-hybridized carbons (Fsp3) is 0.400. The molecule has 0 bridgehead atoms. The Morgan fingerprint density at radius 3 is 1.88 bits per heavy atom. The summed E-state index contributed by atoms with van der Waals surface area (Å²) in [5.74, 6) is 0.489. The lowest BCUT2D eigenvalue weighted by molar-refractivity contribution is 0.0974. The monoisotopic (exact) mass is 423 g/mol. The molecule has 0 aromatic heterocycles. The minimum Gasteiger partial charge on any atom is -0.434 e. The largest absolute Gasteiger partial charge is 0.434 e. The lowest BCUT2D eigenvalue weighted by atomic mass is 9.67. The maximum atomic E-state index is 5.88. The zero-order chi connectivity index (χ0) is 22.8. The van der Waals surface area contributed by atoms with Crippen molar-refractivity contribution in [1.29, 1.82) is 0 Å². The minimum atomic E-state index is 0.252. The molecule has 0 unspecified atom stereocenters. The molecule has 1 aliphatic carbocycles. The Hall–Kier alpha value is -2.32. The summed E-state index contributed by atoms with van der Waals surface area (Å²) in [6, 6.07) is 26.6. The van der Waals surface area contributed by atoms with Gasteiger partial charge in [-0.3, -0.25) is 0 Å². The van der Waals surface area contributed by atoms with Crippen molar-refractivity contribution in [2.45, 2.75) is 59.8 Å². The molecule has 0 atom stereocenters. The van der Waals surface area contributed by atoms with E-state index in [9.17, 15) is 0 Å². The summed E-state index contributed by atoms with van der Waals surface area (Å²) in [4.78, 5) is 0. The van der Waals surface area contributed by atoms with Gasteiger partial charge in [0.2, 0.25) is 0 Å². The Kier molecular flexibility index (Phi) is 6.63. The second kappa shape index (κ2) is 9.28. The van der Waals surface area contributed by atoms with Gasteiger partial charge in [-0.25, -0.2) is 0 Å². The molecule has 0 fully saturated rings. The maximum Gasteiger partial charge on any atom is 0.329 e. The molecule has 0 saturated heterocycles. The van der Waals surface area contributed by atoms with Gasteiger partial charge in [0.15, 0.2) is 0 Å². The van der Waals surface area contributed by atoms with Crippen LogP contribution in [0.3, 0.4) is 0 Å². The van der Waals surface area contributed by atoms with Crippen LogP contribution in [0.15, 0.2) is 72.8 Å². The van der Waals surface area contributed by atoms with E-state index in [-0.39, 0.29) is 10.8 Å². The van der Waals surface area contributed by atoms with Gasteiger partial charge in [0.25, 0.3) is 0 Å². The van der Waals surface area contributed by atoms with E-state index in [0.29, 0.717) is 5.92 Å². The van der Waals surface area contributed by atoms with Gasteiger partial charge in [0.1, 0.15) is 0 Å². The van der Waals surface area contributed by atoms with Crippen molar-refractivity contribution in [2.75, 3.05) is 6.61 Å². The van der Waals surface area contributed by atoms with Crippen molar-refractivity contribution in [3.63, 3.8) is 0 Å². The van der Waals surface area contributed by atoms with Gasteiger partial charge in [-0.2, -0.15) is 0 Å². The van der Waals surface area contributed by atoms with Crippen LogP contribution in [0, 0.1) is 10.8 Å². The van der Waals surface area contributed by atoms with E-state index in [1.54, 1.807) is 0 Å². The number of fused-ring (bicyclic) bond motifs is 3. The Balaban J connectivity index is 1.31. The first-order valence-corrected chi connectivity index (χ1v) is 12.0. The van der Waals surface area contributed by atoms with Gasteiger partial charge < -0.3 is 4.65 Å². The second-order valence-corrected chi connectivity index (χ2v) is 10.9. The highest BCUT2D eigenvalue weighted by atomic mass is 16.4. The van der Waals surface area contributed by atoms with Crippen LogP contribution in [0.25, 0.3) is 11.1 Å². The number of hydrogen-bond donors (Lipinski definition) is 0. The fourth-order valence-electron chi connectivity index (χ4n) is 4.49. The molecule has 0 heterocycles. The van der Waals surface area contributed by atoms with Crippen molar-refractivity contribution in [1.82, 2.24) is 0 Å². The van der Waals surface area contributed by atoms with E-state index in [4.69, 9.17) is 4.65 Å². The lowest BCUT2D eigenvalue weighted by Gasteiger charge is -2.39. The molecule has 0 aliphatic heterocycles. The summed E-state index contributed by atoms with van der Waals surface area (Å²) in [6.07, 6.45) is 3.26. The highest BCUT2D eigenvalue weighted by Crippen LogP contribution is 2.46. The third-order valence-electron chi connectivity index (χ3n) is 7.76. The van der Waals surface area contributed by atoms with Crippen LogP contribution in [0.1, 0.15) is 70.1 Å². The van der Waals surface area contributed by atoms with Crippen LogP contribution < -0.4 is 5.46 Å². The molecule has 0 saturated carbocycles. The van der Waals surface area contributed by atoms with E-state index in [2.05, 4.69) is 107 Å². The van der Waals surface area contributed by atoms with Gasteiger partial charge >= 0.3 is 7.48 Å². The zero-order valence-electron chi connectivity index (χ0n) is 20.3. The lowest BCUT2D eigenvalue weighted by Crippen LogP contribution is -2.31. The van der Waals surface area contributed by atoms with Crippen molar-refractivity contribution in [3.05, 3.63) is 89.5 Å². The third kappa shape index (κ3) is 4.86. The van der Waals surface area contributed by atoms with Crippen molar-refractivity contribution in [2.24, 2.45) is 10.8 Å². The van der Waals surface area contributed by atoms with E-state index < -0.39 is 0 Å². The number of rotatable bonds is 8. The van der Waals surface area contributed by atoms with E-state index in [1.165, 1.54) is 27.8 Å². The Morgan fingerprint density at radius 1 is 0.750 bits per heavy atom. The summed E-state index contributed by atoms with van der Waals surface area (Å²) < 4.78 is 5.88. The molecule has 32 heavy (non-hydrogen) atoms. The Morgan fingerprint density at radius 2 is 1.31 bits per heavy atom. The summed E-state index contributed by atoms with van der Waals surface area (Å²) in [7, 11) is 1.91. The molecule has 0 N–H and O–H groups in total. The highest BCUT2D eigenvalue weighted by molar-refractivity contribution is 6.46. The number of aryl methyl sites for hydroxylation is 1. The Bertz CT molecular complexity index is 997. The highest BCUT2D eigenvalue weighted by Gasteiger charge is 2.32. The molecule has 0 amide bonds. The predicted octanol–water partition coefficient (Wildman–Crippen LogP) is 7.16. The molecular formula is C30H36BO. The third-order valence-corrected chi connectivity index (χ3v) is 7.76. The summed E-state index contributed by atoms with van der Waals surface area (Å²) >= 11 is 0.